The van der Waals surface area contributed by atoms with Crippen molar-refractivity contribution in [1.82, 2.24) is 4.90 Å². The number of carboxylic acid groups (broad SMARTS) is 1. The van der Waals surface area contributed by atoms with E-state index in [1.54, 1.807) is 0 Å². The Morgan fingerprint density at radius 1 is 1.35 bits per heavy atom. The van der Waals surface area contributed by atoms with E-state index in [1.165, 1.54) is 4.90 Å². The predicted molar refractivity (Wildman–Crippen MR) is 60.5 cm³/mol. The summed E-state index contributed by atoms with van der Waals surface area (Å²) in [4.78, 5) is 24.4. The van der Waals surface area contributed by atoms with Gasteiger partial charge in [0, 0.05) is 26.2 Å². The maximum atomic E-state index is 11.9. The van der Waals surface area contributed by atoms with Gasteiger partial charge in [-0.1, -0.05) is 0 Å². The van der Waals surface area contributed by atoms with Crippen LogP contribution in [-0.2, 0) is 14.3 Å². The number of hydrogen-bond donors (Lipinski definition) is 1. The molecule has 2 fully saturated rings. The molecular weight excluding hydrogens is 222 g/mol. The summed E-state index contributed by atoms with van der Waals surface area (Å²) in [6.45, 7) is 2.13. The molecule has 2 aliphatic rings. The lowest BCUT2D eigenvalue weighted by Gasteiger charge is -2.21. The van der Waals surface area contributed by atoms with Crippen molar-refractivity contribution in [3.63, 3.8) is 0 Å². The molecule has 1 amide bonds. The third kappa shape index (κ3) is 2.97. The van der Waals surface area contributed by atoms with Gasteiger partial charge in [-0.2, -0.15) is 0 Å². The molecule has 96 valence electrons. The van der Waals surface area contributed by atoms with Crippen molar-refractivity contribution in [3.8, 4) is 0 Å². The van der Waals surface area contributed by atoms with Crippen LogP contribution < -0.4 is 0 Å². The number of carboxylic acids is 1. The molecule has 0 bridgehead atoms. The highest BCUT2D eigenvalue weighted by molar-refractivity contribution is 5.84. The van der Waals surface area contributed by atoms with Gasteiger partial charge in [0.15, 0.2) is 0 Å². The van der Waals surface area contributed by atoms with E-state index in [9.17, 15) is 9.59 Å². The zero-order valence-electron chi connectivity index (χ0n) is 9.93. The van der Waals surface area contributed by atoms with Crippen molar-refractivity contribution in [2.24, 2.45) is 5.92 Å². The number of likely N-dealkylation sites (tertiary alicyclic amines) is 1. The molecule has 2 saturated heterocycles. The van der Waals surface area contributed by atoms with Gasteiger partial charge in [-0.05, 0) is 31.6 Å². The summed E-state index contributed by atoms with van der Waals surface area (Å²) in [6, 6.07) is -0.595. The average molecular weight is 241 g/mol. The molecule has 2 atom stereocenters. The minimum absolute atomic E-state index is 0.0122. The molecule has 0 aromatic carbocycles. The lowest BCUT2D eigenvalue weighted by molar-refractivity contribution is -0.148. The number of hydrogen-bond acceptors (Lipinski definition) is 3. The Balaban J connectivity index is 1.80. The highest BCUT2D eigenvalue weighted by Gasteiger charge is 2.33. The maximum absolute atomic E-state index is 11.9. The largest absolute Gasteiger partial charge is 0.480 e. The smallest absolute Gasteiger partial charge is 0.326 e. The number of nitrogens with zero attached hydrogens (tertiary/aromatic N) is 1. The van der Waals surface area contributed by atoms with E-state index in [0.717, 1.165) is 32.5 Å². The van der Waals surface area contributed by atoms with Gasteiger partial charge in [0.2, 0.25) is 5.91 Å². The summed E-state index contributed by atoms with van der Waals surface area (Å²) >= 11 is 0. The first kappa shape index (κ1) is 12.4. The Kier molecular flexibility index (Phi) is 3.99. The second-order valence-corrected chi connectivity index (χ2v) is 4.85. The fraction of sp³-hybridized carbons (Fsp3) is 0.833. The van der Waals surface area contributed by atoms with Crippen LogP contribution in [0.25, 0.3) is 0 Å². The van der Waals surface area contributed by atoms with Crippen molar-refractivity contribution in [2.45, 2.75) is 38.1 Å². The van der Waals surface area contributed by atoms with Crippen LogP contribution in [0.3, 0.4) is 0 Å². The fourth-order valence-corrected chi connectivity index (χ4v) is 2.60. The molecule has 0 saturated carbocycles. The maximum Gasteiger partial charge on any atom is 0.326 e. The van der Waals surface area contributed by atoms with Gasteiger partial charge in [0.25, 0.3) is 0 Å². The molecule has 2 rings (SSSR count). The monoisotopic (exact) mass is 241 g/mol. The molecule has 2 heterocycles. The Morgan fingerprint density at radius 2 is 2.18 bits per heavy atom. The summed E-state index contributed by atoms with van der Waals surface area (Å²) < 4.78 is 5.26. The standard InChI is InChI=1S/C12H19NO4/c14-11(4-3-9-5-7-17-8-9)13-6-1-2-10(13)12(15)16/h9-10H,1-8H2,(H,15,16). The third-order valence-corrected chi connectivity index (χ3v) is 3.65. The number of carbonyl (C=O) groups excluding carboxylic acids is 1. The Bertz CT molecular complexity index is 299. The molecule has 17 heavy (non-hydrogen) atoms. The number of ether oxygens (including phenoxy) is 1. The molecule has 0 spiro atoms. The van der Waals surface area contributed by atoms with Crippen molar-refractivity contribution in [2.75, 3.05) is 19.8 Å². The second kappa shape index (κ2) is 5.49. The first-order valence-electron chi connectivity index (χ1n) is 6.28. The lowest BCUT2D eigenvalue weighted by atomic mass is 10.0. The summed E-state index contributed by atoms with van der Waals surface area (Å²) in [5.74, 6) is -0.410. The third-order valence-electron chi connectivity index (χ3n) is 3.65. The van der Waals surface area contributed by atoms with E-state index in [-0.39, 0.29) is 5.91 Å². The fourth-order valence-electron chi connectivity index (χ4n) is 2.60. The molecule has 1 N–H and O–H groups in total. The van der Waals surface area contributed by atoms with Crippen LogP contribution in [0, 0.1) is 5.92 Å². The summed E-state index contributed by atoms with van der Waals surface area (Å²) in [5, 5.41) is 9.00. The van der Waals surface area contributed by atoms with Crippen LogP contribution in [0.5, 0.6) is 0 Å². The number of amides is 1. The number of carbonyl (C=O) groups is 2. The number of aliphatic carboxylic acids is 1. The SMILES string of the molecule is O=C(O)C1CCCN1C(=O)CCC1CCOC1. The molecule has 0 aromatic rings. The molecule has 0 radical (unpaired) electrons. The minimum atomic E-state index is -0.875. The Morgan fingerprint density at radius 3 is 2.82 bits per heavy atom. The van der Waals surface area contributed by atoms with Gasteiger partial charge in [-0.3, -0.25) is 4.79 Å². The molecule has 5 nitrogen and oxygen atoms in total. The van der Waals surface area contributed by atoms with E-state index < -0.39 is 12.0 Å². The summed E-state index contributed by atoms with van der Waals surface area (Å²) in [6.07, 6.45) is 3.69. The predicted octanol–water partition coefficient (Wildman–Crippen LogP) is 0.879. The quantitative estimate of drug-likeness (QED) is 0.793. The van der Waals surface area contributed by atoms with Gasteiger partial charge < -0.3 is 14.7 Å². The van der Waals surface area contributed by atoms with E-state index in [4.69, 9.17) is 9.84 Å². The highest BCUT2D eigenvalue weighted by atomic mass is 16.5. The van der Waals surface area contributed by atoms with E-state index in [1.807, 2.05) is 0 Å². The summed E-state index contributed by atoms with van der Waals surface area (Å²) in [7, 11) is 0. The molecule has 2 unspecified atom stereocenters. The van der Waals surface area contributed by atoms with Crippen LogP contribution in [0.2, 0.25) is 0 Å². The van der Waals surface area contributed by atoms with Crippen LogP contribution >= 0.6 is 0 Å². The Labute approximate surface area is 101 Å². The van der Waals surface area contributed by atoms with Crippen LogP contribution in [0.15, 0.2) is 0 Å². The van der Waals surface area contributed by atoms with Gasteiger partial charge >= 0.3 is 5.97 Å². The topological polar surface area (TPSA) is 66.8 Å². The Hall–Kier alpha value is -1.10. The average Bonchev–Trinajstić information content (AvgIpc) is 2.96. The van der Waals surface area contributed by atoms with E-state index in [2.05, 4.69) is 0 Å². The van der Waals surface area contributed by atoms with Gasteiger partial charge in [0.1, 0.15) is 6.04 Å². The van der Waals surface area contributed by atoms with Crippen molar-refractivity contribution >= 4 is 11.9 Å². The second-order valence-electron chi connectivity index (χ2n) is 4.85. The van der Waals surface area contributed by atoms with E-state index in [0.29, 0.717) is 25.3 Å². The first-order valence-corrected chi connectivity index (χ1v) is 6.28. The lowest BCUT2D eigenvalue weighted by Crippen LogP contribution is -2.40. The molecule has 2 aliphatic heterocycles. The normalized spacial score (nSPS) is 28.6. The van der Waals surface area contributed by atoms with Gasteiger partial charge in [0.05, 0.1) is 0 Å². The van der Waals surface area contributed by atoms with Crippen LogP contribution in [-0.4, -0.2) is 47.7 Å². The summed E-state index contributed by atoms with van der Waals surface area (Å²) in [5.41, 5.74) is 0. The number of rotatable bonds is 4. The molecule has 5 heteroatoms. The van der Waals surface area contributed by atoms with Crippen molar-refractivity contribution in [1.29, 1.82) is 0 Å². The first-order chi connectivity index (χ1) is 8.18. The zero-order valence-corrected chi connectivity index (χ0v) is 9.93. The highest BCUT2D eigenvalue weighted by Crippen LogP contribution is 2.22. The molecule has 0 aromatic heterocycles. The molecular formula is C12H19NO4. The van der Waals surface area contributed by atoms with Crippen molar-refractivity contribution in [3.05, 3.63) is 0 Å². The van der Waals surface area contributed by atoms with Crippen LogP contribution in [0.4, 0.5) is 0 Å². The van der Waals surface area contributed by atoms with E-state index >= 15 is 0 Å². The minimum Gasteiger partial charge on any atom is -0.480 e. The van der Waals surface area contributed by atoms with Crippen LogP contribution in [0.1, 0.15) is 32.1 Å². The zero-order chi connectivity index (χ0) is 12.3. The molecule has 0 aliphatic carbocycles. The van der Waals surface area contributed by atoms with Gasteiger partial charge in [-0.15, -0.1) is 0 Å². The van der Waals surface area contributed by atoms with Crippen molar-refractivity contribution < 1.29 is 19.4 Å². The van der Waals surface area contributed by atoms with Gasteiger partial charge in [-0.25, -0.2) is 4.79 Å².